The standard InChI is InChI=1S/C21H36N2/c1-17(2)13-18-9-8-10-19(14-18)15-22-21(16-23(3)4)20-11-6-5-7-12-20/h8-10,14,17,20-22H,5-7,11-13,15-16H2,1-4H3/t21-/m1/s1. The third-order valence-corrected chi connectivity index (χ3v) is 4.98. The highest BCUT2D eigenvalue weighted by atomic mass is 15.1. The Balaban J connectivity index is 1.94. The fraction of sp³-hybridized carbons (Fsp3) is 0.714. The monoisotopic (exact) mass is 316 g/mol. The van der Waals surface area contributed by atoms with Crippen LogP contribution in [0.3, 0.4) is 0 Å². The largest absolute Gasteiger partial charge is 0.308 e. The highest BCUT2D eigenvalue weighted by Crippen LogP contribution is 2.27. The first kappa shape index (κ1) is 18.5. The van der Waals surface area contributed by atoms with Gasteiger partial charge in [-0.3, -0.25) is 0 Å². The molecule has 0 saturated heterocycles. The summed E-state index contributed by atoms with van der Waals surface area (Å²) in [4.78, 5) is 2.33. The molecule has 130 valence electrons. The number of rotatable bonds is 8. The summed E-state index contributed by atoms with van der Waals surface area (Å²) in [6.45, 7) is 6.74. The normalized spacial score (nSPS) is 17.8. The van der Waals surface area contributed by atoms with E-state index in [1.54, 1.807) is 0 Å². The van der Waals surface area contributed by atoms with Crippen LogP contribution >= 0.6 is 0 Å². The Labute approximate surface area is 143 Å². The van der Waals surface area contributed by atoms with E-state index in [0.717, 1.165) is 24.9 Å². The number of likely N-dealkylation sites (N-methyl/N-ethyl adjacent to an activating group) is 1. The number of nitrogens with zero attached hydrogens (tertiary/aromatic N) is 1. The zero-order valence-corrected chi connectivity index (χ0v) is 15.6. The molecular weight excluding hydrogens is 280 g/mol. The lowest BCUT2D eigenvalue weighted by molar-refractivity contribution is 0.221. The summed E-state index contributed by atoms with van der Waals surface area (Å²) in [6, 6.07) is 9.77. The SMILES string of the molecule is CC(C)Cc1cccc(CN[C@H](CN(C)C)C2CCCCC2)c1. The summed E-state index contributed by atoms with van der Waals surface area (Å²) < 4.78 is 0. The molecule has 23 heavy (non-hydrogen) atoms. The van der Waals surface area contributed by atoms with Gasteiger partial charge in [0.1, 0.15) is 0 Å². The lowest BCUT2D eigenvalue weighted by atomic mass is 9.83. The lowest BCUT2D eigenvalue weighted by Gasteiger charge is -2.33. The van der Waals surface area contributed by atoms with Gasteiger partial charge in [0.05, 0.1) is 0 Å². The van der Waals surface area contributed by atoms with E-state index in [2.05, 4.69) is 62.4 Å². The lowest BCUT2D eigenvalue weighted by Crippen LogP contribution is -2.44. The van der Waals surface area contributed by atoms with E-state index in [1.807, 2.05) is 0 Å². The predicted molar refractivity (Wildman–Crippen MR) is 101 cm³/mol. The molecule has 1 aliphatic rings. The van der Waals surface area contributed by atoms with Crippen LogP contribution in [0.1, 0.15) is 57.1 Å². The van der Waals surface area contributed by atoms with E-state index in [-0.39, 0.29) is 0 Å². The van der Waals surface area contributed by atoms with Crippen molar-refractivity contribution in [2.75, 3.05) is 20.6 Å². The minimum Gasteiger partial charge on any atom is -0.308 e. The van der Waals surface area contributed by atoms with E-state index in [4.69, 9.17) is 0 Å². The van der Waals surface area contributed by atoms with E-state index in [0.29, 0.717) is 6.04 Å². The molecule has 1 aliphatic carbocycles. The maximum absolute atomic E-state index is 3.88. The molecular formula is C21H36N2. The number of benzene rings is 1. The third-order valence-electron chi connectivity index (χ3n) is 4.98. The average Bonchev–Trinajstić information content (AvgIpc) is 2.51. The zero-order valence-electron chi connectivity index (χ0n) is 15.6. The summed E-state index contributed by atoms with van der Waals surface area (Å²) in [6.07, 6.45) is 8.25. The molecule has 1 N–H and O–H groups in total. The van der Waals surface area contributed by atoms with Crippen LogP contribution in [-0.4, -0.2) is 31.6 Å². The van der Waals surface area contributed by atoms with E-state index < -0.39 is 0 Å². The Hall–Kier alpha value is -0.860. The molecule has 2 nitrogen and oxygen atoms in total. The maximum Gasteiger partial charge on any atom is 0.0226 e. The van der Waals surface area contributed by atoms with Gasteiger partial charge in [0.15, 0.2) is 0 Å². The zero-order chi connectivity index (χ0) is 16.7. The van der Waals surface area contributed by atoms with Crippen LogP contribution in [0.15, 0.2) is 24.3 Å². The summed E-state index contributed by atoms with van der Waals surface area (Å²) in [7, 11) is 4.39. The molecule has 0 aromatic heterocycles. The molecule has 1 saturated carbocycles. The molecule has 1 atom stereocenters. The summed E-state index contributed by atoms with van der Waals surface area (Å²) in [5.41, 5.74) is 2.91. The van der Waals surface area contributed by atoms with Crippen LogP contribution in [0.5, 0.6) is 0 Å². The van der Waals surface area contributed by atoms with Crippen molar-refractivity contribution in [2.45, 2.75) is 65.0 Å². The molecule has 0 radical (unpaired) electrons. The highest BCUT2D eigenvalue weighted by molar-refractivity contribution is 5.23. The average molecular weight is 317 g/mol. The Morgan fingerprint density at radius 3 is 2.43 bits per heavy atom. The van der Waals surface area contributed by atoms with Gasteiger partial charge in [-0.2, -0.15) is 0 Å². The second kappa shape index (κ2) is 9.44. The van der Waals surface area contributed by atoms with Gasteiger partial charge < -0.3 is 10.2 Å². The summed E-state index contributed by atoms with van der Waals surface area (Å²) >= 11 is 0. The smallest absolute Gasteiger partial charge is 0.0226 e. The Bertz CT molecular complexity index is 447. The summed E-state index contributed by atoms with van der Waals surface area (Å²) in [5, 5.41) is 3.88. The van der Waals surface area contributed by atoms with Crippen LogP contribution in [0.4, 0.5) is 0 Å². The minimum atomic E-state index is 0.624. The van der Waals surface area contributed by atoms with E-state index in [1.165, 1.54) is 49.7 Å². The van der Waals surface area contributed by atoms with Crippen LogP contribution < -0.4 is 5.32 Å². The van der Waals surface area contributed by atoms with Crippen molar-refractivity contribution in [3.63, 3.8) is 0 Å². The Kier molecular flexibility index (Phi) is 7.58. The van der Waals surface area contributed by atoms with Crippen molar-refractivity contribution in [2.24, 2.45) is 11.8 Å². The molecule has 0 spiro atoms. The van der Waals surface area contributed by atoms with Gasteiger partial charge in [-0.05, 0) is 56.3 Å². The molecule has 0 aliphatic heterocycles. The number of nitrogens with one attached hydrogen (secondary N) is 1. The molecule has 0 bridgehead atoms. The van der Waals surface area contributed by atoms with Gasteiger partial charge in [-0.15, -0.1) is 0 Å². The van der Waals surface area contributed by atoms with Gasteiger partial charge in [0.25, 0.3) is 0 Å². The fourth-order valence-electron chi connectivity index (χ4n) is 3.90. The topological polar surface area (TPSA) is 15.3 Å². The maximum atomic E-state index is 3.88. The van der Waals surface area contributed by atoms with Crippen molar-refractivity contribution in [1.82, 2.24) is 10.2 Å². The van der Waals surface area contributed by atoms with Crippen molar-refractivity contribution in [3.8, 4) is 0 Å². The third kappa shape index (κ3) is 6.64. The first-order valence-electron chi connectivity index (χ1n) is 9.50. The van der Waals surface area contributed by atoms with Crippen molar-refractivity contribution >= 4 is 0 Å². The summed E-state index contributed by atoms with van der Waals surface area (Å²) in [5.74, 6) is 1.58. The molecule has 1 aromatic carbocycles. The van der Waals surface area contributed by atoms with Crippen LogP contribution in [0.2, 0.25) is 0 Å². The van der Waals surface area contributed by atoms with Crippen molar-refractivity contribution in [1.29, 1.82) is 0 Å². The molecule has 1 aromatic rings. The van der Waals surface area contributed by atoms with Crippen LogP contribution in [0.25, 0.3) is 0 Å². The van der Waals surface area contributed by atoms with E-state index >= 15 is 0 Å². The van der Waals surface area contributed by atoms with Gasteiger partial charge in [-0.25, -0.2) is 0 Å². The van der Waals surface area contributed by atoms with Crippen molar-refractivity contribution in [3.05, 3.63) is 35.4 Å². The molecule has 0 unspecified atom stereocenters. The molecule has 2 heteroatoms. The van der Waals surface area contributed by atoms with Gasteiger partial charge in [0.2, 0.25) is 0 Å². The Morgan fingerprint density at radius 1 is 1.09 bits per heavy atom. The first-order valence-corrected chi connectivity index (χ1v) is 9.50. The minimum absolute atomic E-state index is 0.624. The number of hydrogen-bond acceptors (Lipinski definition) is 2. The van der Waals surface area contributed by atoms with Gasteiger partial charge in [0, 0.05) is 19.1 Å². The predicted octanol–water partition coefficient (Wildman–Crippen LogP) is 4.49. The Morgan fingerprint density at radius 2 is 1.78 bits per heavy atom. The van der Waals surface area contributed by atoms with Crippen molar-refractivity contribution < 1.29 is 0 Å². The molecule has 1 fully saturated rings. The fourth-order valence-corrected chi connectivity index (χ4v) is 3.90. The molecule has 2 rings (SSSR count). The second-order valence-corrected chi connectivity index (χ2v) is 8.07. The van der Waals surface area contributed by atoms with Gasteiger partial charge in [-0.1, -0.05) is 57.4 Å². The number of hydrogen-bond donors (Lipinski definition) is 1. The highest BCUT2D eigenvalue weighted by Gasteiger charge is 2.23. The van der Waals surface area contributed by atoms with Crippen LogP contribution in [-0.2, 0) is 13.0 Å². The van der Waals surface area contributed by atoms with Gasteiger partial charge >= 0.3 is 0 Å². The quantitative estimate of drug-likeness (QED) is 0.760. The molecule has 0 heterocycles. The first-order chi connectivity index (χ1) is 11.0. The second-order valence-electron chi connectivity index (χ2n) is 8.07. The van der Waals surface area contributed by atoms with E-state index in [9.17, 15) is 0 Å². The molecule has 0 amide bonds. The van der Waals surface area contributed by atoms with Crippen LogP contribution in [0, 0.1) is 11.8 Å².